The topological polar surface area (TPSA) is 50.5 Å². The number of hydrogen-bond acceptors (Lipinski definition) is 3. The molecule has 3 rings (SSSR count). The first-order valence-electron chi connectivity index (χ1n) is 4.67. The van der Waals surface area contributed by atoms with Crippen LogP contribution in [-0.2, 0) is 0 Å². The summed E-state index contributed by atoms with van der Waals surface area (Å²) >= 11 is 0. The summed E-state index contributed by atoms with van der Waals surface area (Å²) in [4.78, 5) is 24.8. The summed E-state index contributed by atoms with van der Waals surface area (Å²) in [7, 11) is 0. The molecule has 1 fully saturated rings. The van der Waals surface area contributed by atoms with Gasteiger partial charge in [0.15, 0.2) is 0 Å². The highest BCUT2D eigenvalue weighted by molar-refractivity contribution is 6.20. The second kappa shape index (κ2) is 2.26. The largest absolute Gasteiger partial charge is 0.455 e. The molecule has 0 radical (unpaired) electrons. The zero-order valence-corrected chi connectivity index (χ0v) is 7.74. The molecule has 2 aliphatic rings. The molecule has 1 aliphatic carbocycles. The number of imide groups is 1. The Kier molecular flexibility index (Phi) is 1.26. The number of carbonyl (C=O) groups is 2. The van der Waals surface area contributed by atoms with Crippen molar-refractivity contribution in [1.29, 1.82) is 0 Å². The molecule has 1 saturated carbocycles. The van der Waals surface area contributed by atoms with E-state index in [4.69, 9.17) is 4.42 Å². The van der Waals surface area contributed by atoms with Crippen molar-refractivity contribution in [3.63, 3.8) is 0 Å². The fourth-order valence-electron chi connectivity index (χ4n) is 1.83. The van der Waals surface area contributed by atoms with Gasteiger partial charge in [0, 0.05) is 6.04 Å². The van der Waals surface area contributed by atoms with E-state index in [9.17, 15) is 9.59 Å². The molecule has 2 heterocycles. The number of amides is 2. The minimum atomic E-state index is -0.263. The smallest absolute Gasteiger partial charge is 0.297 e. The Morgan fingerprint density at radius 1 is 1.36 bits per heavy atom. The van der Waals surface area contributed by atoms with E-state index >= 15 is 0 Å². The van der Waals surface area contributed by atoms with Crippen LogP contribution >= 0.6 is 0 Å². The van der Waals surface area contributed by atoms with E-state index in [-0.39, 0.29) is 23.6 Å². The fraction of sp³-hybridized carbons (Fsp3) is 0.400. The normalized spacial score (nSPS) is 20.5. The van der Waals surface area contributed by atoms with E-state index < -0.39 is 0 Å². The summed E-state index contributed by atoms with van der Waals surface area (Å²) in [6, 6.07) is 1.76. The van der Waals surface area contributed by atoms with Crippen molar-refractivity contribution in [2.45, 2.75) is 25.8 Å². The van der Waals surface area contributed by atoms with E-state index in [0.29, 0.717) is 11.3 Å². The molecule has 1 aromatic heterocycles. The van der Waals surface area contributed by atoms with Crippen molar-refractivity contribution < 1.29 is 14.0 Å². The van der Waals surface area contributed by atoms with Gasteiger partial charge < -0.3 is 4.42 Å². The Hall–Kier alpha value is -1.58. The van der Waals surface area contributed by atoms with Crippen molar-refractivity contribution in [3.05, 3.63) is 23.2 Å². The van der Waals surface area contributed by atoms with Gasteiger partial charge in [-0.15, -0.1) is 0 Å². The van der Waals surface area contributed by atoms with Crippen LogP contribution in [0.1, 0.15) is 39.5 Å². The van der Waals surface area contributed by atoms with Crippen LogP contribution in [0, 0.1) is 6.92 Å². The molecule has 0 aromatic carbocycles. The van der Waals surface area contributed by atoms with Crippen LogP contribution in [0.25, 0.3) is 0 Å². The Balaban J connectivity index is 2.09. The summed E-state index contributed by atoms with van der Waals surface area (Å²) < 4.78 is 5.20. The zero-order valence-electron chi connectivity index (χ0n) is 7.74. The molecule has 0 spiro atoms. The molecule has 2 amide bonds. The maximum absolute atomic E-state index is 11.7. The predicted octanol–water partition coefficient (Wildman–Crippen LogP) is 1.35. The van der Waals surface area contributed by atoms with Gasteiger partial charge in [0.1, 0.15) is 5.76 Å². The van der Waals surface area contributed by atoms with E-state index in [2.05, 4.69) is 0 Å². The van der Waals surface area contributed by atoms with Gasteiger partial charge in [0.05, 0.1) is 5.56 Å². The van der Waals surface area contributed by atoms with Crippen LogP contribution in [0.2, 0.25) is 0 Å². The fourth-order valence-corrected chi connectivity index (χ4v) is 1.83. The van der Waals surface area contributed by atoms with Crippen molar-refractivity contribution in [2.24, 2.45) is 0 Å². The second-order valence-corrected chi connectivity index (χ2v) is 3.81. The van der Waals surface area contributed by atoms with E-state index in [0.717, 1.165) is 12.8 Å². The molecule has 1 aliphatic heterocycles. The van der Waals surface area contributed by atoms with Crippen molar-refractivity contribution in [1.82, 2.24) is 4.90 Å². The van der Waals surface area contributed by atoms with Gasteiger partial charge in [0.2, 0.25) is 5.76 Å². The van der Waals surface area contributed by atoms with Gasteiger partial charge in [-0.25, -0.2) is 0 Å². The molecule has 0 atom stereocenters. The van der Waals surface area contributed by atoms with Gasteiger partial charge in [0.25, 0.3) is 11.8 Å². The lowest BCUT2D eigenvalue weighted by molar-refractivity contribution is 0.0628. The molecule has 4 heteroatoms. The molecule has 0 saturated heterocycles. The third-order valence-corrected chi connectivity index (χ3v) is 2.63. The average Bonchev–Trinajstić information content (AvgIpc) is 2.83. The summed E-state index contributed by atoms with van der Waals surface area (Å²) in [5, 5.41) is 0. The number of carbonyl (C=O) groups excluding carboxylic acids is 2. The zero-order chi connectivity index (χ0) is 9.87. The van der Waals surface area contributed by atoms with Crippen LogP contribution in [0.5, 0.6) is 0 Å². The number of furan rings is 1. The van der Waals surface area contributed by atoms with E-state index in [1.165, 1.54) is 4.90 Å². The van der Waals surface area contributed by atoms with Crippen LogP contribution in [-0.4, -0.2) is 22.8 Å². The van der Waals surface area contributed by atoms with Crippen molar-refractivity contribution >= 4 is 11.8 Å². The lowest BCUT2D eigenvalue weighted by Gasteiger charge is -2.11. The number of rotatable bonds is 1. The summed E-state index contributed by atoms with van der Waals surface area (Å²) in [5.74, 6) is 0.386. The predicted molar refractivity (Wildman–Crippen MR) is 47.0 cm³/mol. The molecule has 4 nitrogen and oxygen atoms in total. The van der Waals surface area contributed by atoms with Crippen LogP contribution in [0.4, 0.5) is 0 Å². The van der Waals surface area contributed by atoms with E-state index in [1.807, 2.05) is 0 Å². The first-order chi connectivity index (χ1) is 6.68. The minimum absolute atomic E-state index is 0.123. The van der Waals surface area contributed by atoms with E-state index in [1.54, 1.807) is 13.0 Å². The lowest BCUT2D eigenvalue weighted by atomic mass is 10.3. The minimum Gasteiger partial charge on any atom is -0.455 e. The lowest BCUT2D eigenvalue weighted by Crippen LogP contribution is -2.31. The third kappa shape index (κ3) is 0.828. The maximum atomic E-state index is 11.7. The Morgan fingerprint density at radius 2 is 2.07 bits per heavy atom. The Labute approximate surface area is 80.5 Å². The van der Waals surface area contributed by atoms with Gasteiger partial charge in [-0.05, 0) is 25.8 Å². The van der Waals surface area contributed by atoms with Crippen molar-refractivity contribution in [2.75, 3.05) is 0 Å². The molecule has 0 N–H and O–H groups in total. The molecular weight excluding hydrogens is 182 g/mol. The highest BCUT2D eigenvalue weighted by Gasteiger charge is 2.46. The summed E-state index contributed by atoms with van der Waals surface area (Å²) in [6.45, 7) is 1.74. The van der Waals surface area contributed by atoms with Crippen LogP contribution in [0.3, 0.4) is 0 Å². The molecule has 14 heavy (non-hydrogen) atoms. The monoisotopic (exact) mass is 191 g/mol. The number of fused-ring (bicyclic) bond motifs is 1. The quantitative estimate of drug-likeness (QED) is 0.629. The first kappa shape index (κ1) is 7.79. The molecule has 0 unspecified atom stereocenters. The maximum Gasteiger partial charge on any atom is 0.297 e. The molecule has 72 valence electrons. The highest BCUT2D eigenvalue weighted by Crippen LogP contribution is 2.35. The SMILES string of the molecule is Cc1cc2c(o1)C(=O)N(C1CC1)C2=O. The first-order valence-corrected chi connectivity index (χ1v) is 4.67. The van der Waals surface area contributed by atoms with Crippen LogP contribution in [0.15, 0.2) is 10.5 Å². The van der Waals surface area contributed by atoms with Crippen LogP contribution < -0.4 is 0 Å². The number of hydrogen-bond donors (Lipinski definition) is 0. The summed E-state index contributed by atoms with van der Waals surface area (Å²) in [5.41, 5.74) is 0.430. The standard InChI is InChI=1S/C10H9NO3/c1-5-4-7-8(14-5)10(13)11(9(7)12)6-2-3-6/h4,6H,2-3H2,1H3. The third-order valence-electron chi connectivity index (χ3n) is 2.63. The summed E-state index contributed by atoms with van der Waals surface area (Å²) in [6.07, 6.45) is 1.86. The van der Waals surface area contributed by atoms with Gasteiger partial charge >= 0.3 is 0 Å². The average molecular weight is 191 g/mol. The molecular formula is C10H9NO3. The van der Waals surface area contributed by atoms with Gasteiger partial charge in [-0.2, -0.15) is 0 Å². The molecule has 1 aromatic rings. The number of aryl methyl sites for hydroxylation is 1. The van der Waals surface area contributed by atoms with Crippen molar-refractivity contribution in [3.8, 4) is 0 Å². The highest BCUT2D eigenvalue weighted by atomic mass is 16.4. The second-order valence-electron chi connectivity index (χ2n) is 3.81. The Morgan fingerprint density at radius 3 is 2.64 bits per heavy atom. The molecule has 0 bridgehead atoms. The Bertz CT molecular complexity index is 409. The van der Waals surface area contributed by atoms with Gasteiger partial charge in [-0.1, -0.05) is 0 Å². The number of nitrogens with zero attached hydrogens (tertiary/aromatic N) is 1. The van der Waals surface area contributed by atoms with Gasteiger partial charge in [-0.3, -0.25) is 14.5 Å².